The molecule has 0 unspecified atom stereocenters. The molecule has 2 aliphatic rings. The van der Waals surface area contributed by atoms with Crippen molar-refractivity contribution >= 4 is 23.1 Å². The van der Waals surface area contributed by atoms with Gasteiger partial charge < -0.3 is 9.47 Å². The number of aromatic nitrogens is 3. The van der Waals surface area contributed by atoms with Gasteiger partial charge in [-0.2, -0.15) is 0 Å². The largest absolute Gasteiger partial charge is 0.486 e. The maximum Gasteiger partial charge on any atom is 0.191 e. The minimum Gasteiger partial charge on any atom is -0.486 e. The minimum atomic E-state index is 0.0226. The molecule has 1 atom stereocenters. The zero-order valence-electron chi connectivity index (χ0n) is 13.5. The first-order valence-corrected chi connectivity index (χ1v) is 10.2. The van der Waals surface area contributed by atoms with E-state index in [9.17, 15) is 0 Å². The second-order valence-corrected chi connectivity index (χ2v) is 8.13. The van der Waals surface area contributed by atoms with Crippen molar-refractivity contribution in [3.63, 3.8) is 0 Å². The van der Waals surface area contributed by atoms with E-state index >= 15 is 0 Å². The number of hydrogen-bond acceptors (Lipinski definition) is 6. The summed E-state index contributed by atoms with van der Waals surface area (Å²) in [5.74, 6) is 3.43. The minimum absolute atomic E-state index is 0.0226. The van der Waals surface area contributed by atoms with Crippen LogP contribution in [-0.2, 0) is 0 Å². The summed E-state index contributed by atoms with van der Waals surface area (Å²) in [5, 5.41) is 12.0. The Kier molecular flexibility index (Phi) is 3.90. The summed E-state index contributed by atoms with van der Waals surface area (Å²) in [7, 11) is 0. The number of thiophene rings is 1. The average molecular weight is 371 g/mol. The Morgan fingerprint density at radius 1 is 1.12 bits per heavy atom. The lowest BCUT2D eigenvalue weighted by atomic mass is 10.3. The van der Waals surface area contributed by atoms with Crippen LogP contribution in [0.2, 0.25) is 0 Å². The molecule has 1 aliphatic carbocycles. The van der Waals surface area contributed by atoms with E-state index < -0.39 is 0 Å². The van der Waals surface area contributed by atoms with Crippen molar-refractivity contribution < 1.29 is 9.47 Å². The lowest BCUT2D eigenvalue weighted by Crippen LogP contribution is -2.31. The molecule has 0 spiro atoms. The van der Waals surface area contributed by atoms with E-state index in [1.807, 2.05) is 24.3 Å². The first-order valence-electron chi connectivity index (χ1n) is 8.38. The van der Waals surface area contributed by atoms with Crippen molar-refractivity contribution in [3.05, 3.63) is 41.8 Å². The van der Waals surface area contributed by atoms with Gasteiger partial charge in [0.1, 0.15) is 12.7 Å². The second kappa shape index (κ2) is 6.38. The fourth-order valence-electron chi connectivity index (χ4n) is 2.92. The first kappa shape index (κ1) is 15.3. The number of para-hydroxylation sites is 2. The molecule has 7 heteroatoms. The molecule has 0 bridgehead atoms. The highest BCUT2D eigenvalue weighted by Gasteiger charge is 2.31. The Morgan fingerprint density at radius 3 is 2.80 bits per heavy atom. The molecule has 0 N–H and O–H groups in total. The van der Waals surface area contributed by atoms with Crippen LogP contribution in [-0.4, -0.2) is 33.2 Å². The highest BCUT2D eigenvalue weighted by atomic mass is 32.2. The third kappa shape index (κ3) is 3.02. The third-order valence-electron chi connectivity index (χ3n) is 4.28. The van der Waals surface area contributed by atoms with E-state index in [4.69, 9.17) is 9.47 Å². The summed E-state index contributed by atoms with van der Waals surface area (Å²) in [6, 6.07) is 12.5. The number of thioether (sulfide) groups is 1. The van der Waals surface area contributed by atoms with Crippen LogP contribution in [0.5, 0.6) is 11.5 Å². The predicted molar refractivity (Wildman–Crippen MR) is 98.7 cm³/mol. The maximum absolute atomic E-state index is 6.05. The highest BCUT2D eigenvalue weighted by molar-refractivity contribution is 7.99. The summed E-state index contributed by atoms with van der Waals surface area (Å²) < 4.78 is 14.1. The topological polar surface area (TPSA) is 49.2 Å². The van der Waals surface area contributed by atoms with Gasteiger partial charge in [-0.3, -0.25) is 4.57 Å². The Balaban J connectivity index is 1.32. The van der Waals surface area contributed by atoms with Crippen molar-refractivity contribution in [2.24, 2.45) is 0 Å². The molecular formula is C18H17N3O2S2. The summed E-state index contributed by atoms with van der Waals surface area (Å²) in [6.45, 7) is 0.569. The smallest absolute Gasteiger partial charge is 0.191 e. The van der Waals surface area contributed by atoms with Crippen LogP contribution < -0.4 is 9.47 Å². The molecule has 5 rings (SSSR count). The van der Waals surface area contributed by atoms with Gasteiger partial charge in [0.05, 0.1) is 4.88 Å². The fourth-order valence-corrected chi connectivity index (χ4v) is 4.60. The van der Waals surface area contributed by atoms with E-state index in [1.54, 1.807) is 23.1 Å². The van der Waals surface area contributed by atoms with Gasteiger partial charge in [0, 0.05) is 11.8 Å². The Labute approximate surface area is 154 Å². The quantitative estimate of drug-likeness (QED) is 0.627. The predicted octanol–water partition coefficient (Wildman–Crippen LogP) is 4.27. The molecule has 1 fully saturated rings. The van der Waals surface area contributed by atoms with Gasteiger partial charge in [-0.1, -0.05) is 30.0 Å². The van der Waals surface area contributed by atoms with Crippen LogP contribution >= 0.6 is 23.1 Å². The van der Waals surface area contributed by atoms with Crippen molar-refractivity contribution in [1.29, 1.82) is 0 Å². The standard InChI is InChI=1S/C18H17N3O2S2/c1-2-5-15-14(4-1)22-10-13(23-15)11-25-18-20-19-17(16-6-3-9-24-16)21(18)12-7-8-12/h1-6,9,12-13H,7-8,10-11H2/t13-/m0/s1. The molecule has 1 saturated carbocycles. The third-order valence-corrected chi connectivity index (χ3v) is 6.22. The lowest BCUT2D eigenvalue weighted by Gasteiger charge is -2.26. The van der Waals surface area contributed by atoms with E-state index in [0.717, 1.165) is 28.2 Å². The SMILES string of the molecule is c1csc(-c2nnc(SC[C@@H]3COc4ccccc4O3)n2C2CC2)c1. The van der Waals surface area contributed by atoms with Gasteiger partial charge in [-0.05, 0) is 36.4 Å². The first-order chi connectivity index (χ1) is 12.4. The highest BCUT2D eigenvalue weighted by Crippen LogP contribution is 2.42. The van der Waals surface area contributed by atoms with E-state index in [0.29, 0.717) is 12.6 Å². The molecule has 5 nitrogen and oxygen atoms in total. The number of ether oxygens (including phenoxy) is 2. The van der Waals surface area contributed by atoms with Gasteiger partial charge in [-0.25, -0.2) is 0 Å². The Bertz CT molecular complexity index is 874. The molecule has 128 valence electrons. The normalized spacial score (nSPS) is 19.1. The molecular weight excluding hydrogens is 354 g/mol. The van der Waals surface area contributed by atoms with Gasteiger partial charge in [-0.15, -0.1) is 21.5 Å². The van der Waals surface area contributed by atoms with Crippen LogP contribution in [0.4, 0.5) is 0 Å². The number of benzene rings is 1. The molecule has 1 aliphatic heterocycles. The van der Waals surface area contributed by atoms with Crippen molar-refractivity contribution in [3.8, 4) is 22.2 Å². The molecule has 3 aromatic rings. The van der Waals surface area contributed by atoms with E-state index in [-0.39, 0.29) is 6.10 Å². The van der Waals surface area contributed by atoms with Gasteiger partial charge >= 0.3 is 0 Å². The van der Waals surface area contributed by atoms with Gasteiger partial charge in [0.25, 0.3) is 0 Å². The number of fused-ring (bicyclic) bond motifs is 1. The fraction of sp³-hybridized carbons (Fsp3) is 0.333. The van der Waals surface area contributed by atoms with E-state index in [1.165, 1.54) is 17.7 Å². The van der Waals surface area contributed by atoms with Crippen molar-refractivity contribution in [2.75, 3.05) is 12.4 Å². The van der Waals surface area contributed by atoms with E-state index in [2.05, 4.69) is 32.3 Å². The van der Waals surface area contributed by atoms with Gasteiger partial charge in [0.15, 0.2) is 22.5 Å². The second-order valence-electron chi connectivity index (χ2n) is 6.19. The average Bonchev–Trinajstić information content (AvgIpc) is 3.18. The number of rotatable bonds is 5. The van der Waals surface area contributed by atoms with Crippen molar-refractivity contribution in [1.82, 2.24) is 14.8 Å². The van der Waals surface area contributed by atoms with Crippen molar-refractivity contribution in [2.45, 2.75) is 30.1 Å². The molecule has 0 saturated heterocycles. The lowest BCUT2D eigenvalue weighted by molar-refractivity contribution is 0.107. The van der Waals surface area contributed by atoms with Gasteiger partial charge in [0.2, 0.25) is 0 Å². The molecule has 25 heavy (non-hydrogen) atoms. The summed E-state index contributed by atoms with van der Waals surface area (Å²) >= 11 is 3.41. The van der Waals surface area contributed by atoms with Crippen LogP contribution in [0.15, 0.2) is 46.9 Å². The Hall–Kier alpha value is -1.99. The molecule has 0 radical (unpaired) electrons. The maximum atomic E-state index is 6.05. The number of hydrogen-bond donors (Lipinski definition) is 0. The molecule has 3 heterocycles. The summed E-state index contributed by atoms with van der Waals surface area (Å²) in [4.78, 5) is 1.18. The molecule has 1 aromatic carbocycles. The summed E-state index contributed by atoms with van der Waals surface area (Å²) in [6.07, 6.45) is 2.44. The molecule has 2 aromatic heterocycles. The van der Waals surface area contributed by atoms with Crippen LogP contribution in [0.3, 0.4) is 0 Å². The number of nitrogens with zero attached hydrogens (tertiary/aromatic N) is 3. The van der Waals surface area contributed by atoms with Crippen LogP contribution in [0.1, 0.15) is 18.9 Å². The van der Waals surface area contributed by atoms with Crippen LogP contribution in [0, 0.1) is 0 Å². The zero-order chi connectivity index (χ0) is 16.6. The monoisotopic (exact) mass is 371 g/mol. The zero-order valence-corrected chi connectivity index (χ0v) is 15.1. The van der Waals surface area contributed by atoms with Crippen LogP contribution in [0.25, 0.3) is 10.7 Å². The molecule has 0 amide bonds. The summed E-state index contributed by atoms with van der Waals surface area (Å²) in [5.41, 5.74) is 0. The Morgan fingerprint density at radius 2 is 2.00 bits per heavy atom.